The molecule has 0 amide bonds. The molecule has 223 valence electrons. The summed E-state index contributed by atoms with van der Waals surface area (Å²) in [6.07, 6.45) is 3.78. The van der Waals surface area contributed by atoms with Gasteiger partial charge in [0.1, 0.15) is 5.82 Å². The summed E-state index contributed by atoms with van der Waals surface area (Å²) in [5, 5.41) is 5.66. The van der Waals surface area contributed by atoms with Crippen molar-refractivity contribution < 1.29 is 25.9 Å². The zero-order chi connectivity index (χ0) is 31.1. The first-order valence-corrected chi connectivity index (χ1v) is 18.7. The minimum absolute atomic E-state index is 0. The quantitative estimate of drug-likeness (QED) is 0.131. The van der Waals surface area contributed by atoms with Crippen LogP contribution in [0, 0.1) is 17.9 Å². The standard InChI is InChI=1S/C24H17FNS.C14H16NSi.Ir/c1-14(2)15-10-11-26-22(13-15)21-5-3-4-19-20-8-6-16-12-17(25)7-9-18(16)23(20)27-24(19)21;1-16(2,3)13-9-10-14(15-11-13)12-7-5-4-6-8-12;/h3-4,6-14H,1-2H3;4-7,9-11H,1-3H3;/q2*-1;/i14D;;. The Kier molecular flexibility index (Phi) is 9.15. The maximum absolute atomic E-state index is 13.6. The van der Waals surface area contributed by atoms with Crippen LogP contribution in [0.2, 0.25) is 19.6 Å². The second-order valence-corrected chi connectivity index (χ2v) is 18.0. The molecule has 0 saturated heterocycles. The van der Waals surface area contributed by atoms with Crippen LogP contribution in [0.4, 0.5) is 4.39 Å². The van der Waals surface area contributed by atoms with Crippen LogP contribution in [-0.4, -0.2) is 18.0 Å². The van der Waals surface area contributed by atoms with Gasteiger partial charge < -0.3 is 9.97 Å². The first-order chi connectivity index (χ1) is 21.0. The van der Waals surface area contributed by atoms with Crippen molar-refractivity contribution in [1.29, 1.82) is 0 Å². The maximum Gasteiger partial charge on any atom is 0.123 e. The Morgan fingerprint density at radius 1 is 0.795 bits per heavy atom. The molecule has 2 nitrogen and oxygen atoms in total. The fourth-order valence-electron chi connectivity index (χ4n) is 5.12. The van der Waals surface area contributed by atoms with Crippen molar-refractivity contribution in [3.05, 3.63) is 127 Å². The zero-order valence-electron chi connectivity index (χ0n) is 26.3. The molecule has 0 N–H and O–H groups in total. The second-order valence-electron chi connectivity index (χ2n) is 11.9. The van der Waals surface area contributed by atoms with Gasteiger partial charge in [-0.2, -0.15) is 11.3 Å². The Bertz CT molecular complexity index is 2100. The number of hydrogen-bond donors (Lipinski definition) is 0. The molecule has 0 aliphatic heterocycles. The average Bonchev–Trinajstić information content (AvgIpc) is 3.40. The van der Waals surface area contributed by atoms with Gasteiger partial charge in [0, 0.05) is 38.6 Å². The molecule has 0 spiro atoms. The van der Waals surface area contributed by atoms with Crippen LogP contribution in [0.25, 0.3) is 53.5 Å². The predicted octanol–water partition coefficient (Wildman–Crippen LogP) is 10.4. The Morgan fingerprint density at radius 3 is 2.30 bits per heavy atom. The Morgan fingerprint density at radius 2 is 1.59 bits per heavy atom. The van der Waals surface area contributed by atoms with E-state index in [-0.39, 0.29) is 25.9 Å². The summed E-state index contributed by atoms with van der Waals surface area (Å²) >= 11 is 1.69. The van der Waals surface area contributed by atoms with E-state index in [4.69, 9.17) is 1.37 Å². The number of pyridine rings is 2. The van der Waals surface area contributed by atoms with Crippen LogP contribution in [-0.2, 0) is 20.1 Å². The van der Waals surface area contributed by atoms with Gasteiger partial charge in [0.25, 0.3) is 0 Å². The van der Waals surface area contributed by atoms with Crippen molar-refractivity contribution in [2.24, 2.45) is 0 Å². The van der Waals surface area contributed by atoms with Crippen LogP contribution >= 0.6 is 11.3 Å². The first kappa shape index (κ1) is 30.5. The number of hydrogen-bond acceptors (Lipinski definition) is 3. The van der Waals surface area contributed by atoms with Crippen LogP contribution < -0.4 is 5.19 Å². The molecule has 0 unspecified atom stereocenters. The molecule has 4 aromatic carbocycles. The van der Waals surface area contributed by atoms with Gasteiger partial charge in [-0.1, -0.05) is 80.8 Å². The van der Waals surface area contributed by atoms with Crippen molar-refractivity contribution in [2.45, 2.75) is 39.4 Å². The Hall–Kier alpha value is -3.54. The molecule has 7 rings (SSSR count). The van der Waals surface area contributed by atoms with E-state index in [1.807, 2.05) is 74.6 Å². The van der Waals surface area contributed by atoms with E-state index in [9.17, 15) is 4.39 Å². The van der Waals surface area contributed by atoms with Crippen LogP contribution in [0.5, 0.6) is 0 Å². The normalized spacial score (nSPS) is 12.0. The molecular weight excluding hydrogens is 756 g/mol. The number of halogens is 1. The van der Waals surface area contributed by atoms with Gasteiger partial charge in [-0.05, 0) is 61.5 Å². The Balaban J connectivity index is 0.000000202. The molecule has 0 aliphatic rings. The summed E-state index contributed by atoms with van der Waals surface area (Å²) in [7, 11) is -1.23. The topological polar surface area (TPSA) is 25.8 Å². The van der Waals surface area contributed by atoms with E-state index in [2.05, 4.69) is 66.0 Å². The van der Waals surface area contributed by atoms with E-state index < -0.39 is 14.0 Å². The molecule has 7 aromatic rings. The summed E-state index contributed by atoms with van der Waals surface area (Å²) < 4.78 is 24.2. The van der Waals surface area contributed by atoms with E-state index in [1.54, 1.807) is 23.6 Å². The van der Waals surface area contributed by atoms with Crippen LogP contribution in [0.1, 0.15) is 26.7 Å². The third-order valence-corrected chi connectivity index (χ3v) is 10.9. The van der Waals surface area contributed by atoms with Crippen molar-refractivity contribution >= 4 is 55.5 Å². The molecular formula is C38H33FIrN2SSi-2. The summed E-state index contributed by atoms with van der Waals surface area (Å²) in [5.41, 5.74) is 4.75. The first-order valence-electron chi connectivity index (χ1n) is 14.8. The molecule has 3 aromatic heterocycles. The van der Waals surface area contributed by atoms with Gasteiger partial charge in [0.2, 0.25) is 0 Å². The number of benzene rings is 4. The SMILES string of the molecule is C[Si](C)(C)c1ccc(-c2[c-]cccc2)nc1.[2H]C(C)(C)c1ccnc(-c2[c-]ccc3c2sc2c4ccc(F)cc4ccc32)c1.[Ir]. The number of aromatic nitrogens is 2. The third kappa shape index (κ3) is 6.59. The molecule has 0 saturated carbocycles. The summed E-state index contributed by atoms with van der Waals surface area (Å²) in [6.45, 7) is 10.7. The molecule has 0 fully saturated rings. The van der Waals surface area contributed by atoms with Crippen LogP contribution in [0.3, 0.4) is 0 Å². The Labute approximate surface area is 278 Å². The third-order valence-electron chi connectivity index (χ3n) is 7.58. The number of nitrogens with zero attached hydrogens (tertiary/aromatic N) is 2. The molecule has 0 bridgehead atoms. The fraction of sp³-hybridized carbons (Fsp3) is 0.158. The van der Waals surface area contributed by atoms with Gasteiger partial charge in [-0.15, -0.1) is 59.7 Å². The number of fused-ring (bicyclic) bond motifs is 5. The average molecular weight is 790 g/mol. The molecule has 0 aliphatic carbocycles. The van der Waals surface area contributed by atoms with Gasteiger partial charge in [-0.3, -0.25) is 0 Å². The minimum atomic E-state index is -1.23. The number of thiophene rings is 1. The largest absolute Gasteiger partial charge is 0.305 e. The molecule has 44 heavy (non-hydrogen) atoms. The van der Waals surface area contributed by atoms with Crippen molar-refractivity contribution in [1.82, 2.24) is 9.97 Å². The molecule has 3 heterocycles. The van der Waals surface area contributed by atoms with Crippen molar-refractivity contribution in [3.63, 3.8) is 0 Å². The van der Waals surface area contributed by atoms with Gasteiger partial charge in [-0.25, -0.2) is 4.39 Å². The number of rotatable bonds is 4. The van der Waals surface area contributed by atoms with Gasteiger partial charge in [0.15, 0.2) is 0 Å². The van der Waals surface area contributed by atoms with E-state index in [1.165, 1.54) is 11.3 Å². The zero-order valence-corrected chi connectivity index (χ0v) is 29.5. The fourth-order valence-corrected chi connectivity index (χ4v) is 7.49. The van der Waals surface area contributed by atoms with E-state index in [0.717, 1.165) is 59.0 Å². The second kappa shape index (κ2) is 13.2. The van der Waals surface area contributed by atoms with E-state index >= 15 is 0 Å². The van der Waals surface area contributed by atoms with Crippen LogP contribution in [0.15, 0.2) is 103 Å². The van der Waals surface area contributed by atoms with Gasteiger partial charge in [0.05, 0.1) is 8.07 Å². The van der Waals surface area contributed by atoms with E-state index in [0.29, 0.717) is 0 Å². The summed E-state index contributed by atoms with van der Waals surface area (Å²) in [4.78, 5) is 9.08. The van der Waals surface area contributed by atoms with Gasteiger partial charge >= 0.3 is 0 Å². The maximum atomic E-state index is 13.6. The van der Waals surface area contributed by atoms with Crippen molar-refractivity contribution in [3.8, 4) is 22.5 Å². The molecule has 6 heteroatoms. The monoisotopic (exact) mass is 790 g/mol. The smallest absolute Gasteiger partial charge is 0.123 e. The molecule has 0 atom stereocenters. The van der Waals surface area contributed by atoms with Crippen molar-refractivity contribution in [2.75, 3.05) is 0 Å². The minimum Gasteiger partial charge on any atom is -0.305 e. The molecule has 1 radical (unpaired) electrons. The summed E-state index contributed by atoms with van der Waals surface area (Å²) in [6, 6.07) is 35.7. The predicted molar refractivity (Wildman–Crippen MR) is 184 cm³/mol. The summed E-state index contributed by atoms with van der Waals surface area (Å²) in [5.74, 6) is -0.910.